The highest BCUT2D eigenvalue weighted by molar-refractivity contribution is 6.03. The van der Waals surface area contributed by atoms with Gasteiger partial charge < -0.3 is 5.32 Å². The van der Waals surface area contributed by atoms with Gasteiger partial charge in [0.2, 0.25) is 0 Å². The second-order valence-electron chi connectivity index (χ2n) is 3.47. The Bertz CT molecular complexity index is 426. The van der Waals surface area contributed by atoms with Crippen LogP contribution in [0.25, 0.3) is 6.08 Å². The van der Waals surface area contributed by atoms with Crippen molar-refractivity contribution in [3.63, 3.8) is 0 Å². The zero-order valence-corrected chi connectivity index (χ0v) is 8.72. The first kappa shape index (κ1) is 10.4. The number of nitrogens with zero attached hydrogens (tertiary/aromatic N) is 1. The van der Waals surface area contributed by atoms with Crippen LogP contribution >= 0.6 is 0 Å². The maximum Gasteiger partial charge on any atom is 0.324 e. The van der Waals surface area contributed by atoms with Gasteiger partial charge in [-0.15, -0.1) is 0 Å². The van der Waals surface area contributed by atoms with Gasteiger partial charge in [0.05, 0.1) is 0 Å². The highest BCUT2D eigenvalue weighted by Gasteiger charge is 2.23. The normalized spacial score (nSPS) is 15.5. The Morgan fingerprint density at radius 3 is 2.69 bits per heavy atom. The molecule has 0 bridgehead atoms. The summed E-state index contributed by atoms with van der Waals surface area (Å²) in [7, 11) is 0. The smallest absolute Gasteiger partial charge is 0.324 e. The zero-order chi connectivity index (χ0) is 11.4. The highest BCUT2D eigenvalue weighted by atomic mass is 16.2. The summed E-state index contributed by atoms with van der Waals surface area (Å²) in [4.78, 5) is 24.0. The largest absolute Gasteiger partial charge is 0.336 e. The first-order valence-electron chi connectivity index (χ1n) is 5.10. The number of carbonyl (C=O) groups excluding carboxylic acids is 2. The topological polar surface area (TPSA) is 49.4 Å². The van der Waals surface area contributed by atoms with E-state index in [0.717, 1.165) is 5.56 Å². The van der Waals surface area contributed by atoms with Gasteiger partial charge in [0.25, 0.3) is 5.91 Å². The summed E-state index contributed by atoms with van der Waals surface area (Å²) in [5, 5.41) is 2.58. The van der Waals surface area contributed by atoms with Crippen molar-refractivity contribution in [1.82, 2.24) is 10.2 Å². The van der Waals surface area contributed by atoms with Gasteiger partial charge in [-0.25, -0.2) is 4.79 Å². The molecular weight excluding hydrogens is 204 g/mol. The molecule has 82 valence electrons. The molecule has 4 nitrogen and oxygen atoms in total. The third-order valence-corrected chi connectivity index (χ3v) is 2.34. The SMILES string of the molecule is O=C(C=Cc1ccccc1)N1CCNC1=O. The van der Waals surface area contributed by atoms with Crippen molar-refractivity contribution < 1.29 is 9.59 Å². The van der Waals surface area contributed by atoms with Gasteiger partial charge in [-0.05, 0) is 11.6 Å². The van der Waals surface area contributed by atoms with E-state index in [9.17, 15) is 9.59 Å². The molecule has 3 amide bonds. The van der Waals surface area contributed by atoms with Crippen LogP contribution in [0.4, 0.5) is 4.79 Å². The highest BCUT2D eigenvalue weighted by Crippen LogP contribution is 2.03. The maximum absolute atomic E-state index is 11.6. The Balaban J connectivity index is 2.02. The predicted molar refractivity (Wildman–Crippen MR) is 60.6 cm³/mol. The number of urea groups is 1. The molecule has 2 rings (SSSR count). The lowest BCUT2D eigenvalue weighted by Gasteiger charge is -2.07. The molecule has 0 atom stereocenters. The van der Waals surface area contributed by atoms with Crippen molar-refractivity contribution in [2.45, 2.75) is 0 Å². The Labute approximate surface area is 93.6 Å². The molecule has 0 aromatic heterocycles. The van der Waals surface area contributed by atoms with E-state index in [0.29, 0.717) is 13.1 Å². The summed E-state index contributed by atoms with van der Waals surface area (Å²) in [6.45, 7) is 0.973. The van der Waals surface area contributed by atoms with E-state index in [-0.39, 0.29) is 11.9 Å². The number of nitrogens with one attached hydrogen (secondary N) is 1. The number of imide groups is 1. The van der Waals surface area contributed by atoms with E-state index in [1.54, 1.807) is 6.08 Å². The van der Waals surface area contributed by atoms with Crippen molar-refractivity contribution in [3.05, 3.63) is 42.0 Å². The van der Waals surface area contributed by atoms with Crippen molar-refractivity contribution >= 4 is 18.0 Å². The summed E-state index contributed by atoms with van der Waals surface area (Å²) >= 11 is 0. The van der Waals surface area contributed by atoms with E-state index in [1.807, 2.05) is 30.3 Å². The van der Waals surface area contributed by atoms with Crippen LogP contribution in [0.15, 0.2) is 36.4 Å². The summed E-state index contributed by atoms with van der Waals surface area (Å²) in [5.41, 5.74) is 0.940. The van der Waals surface area contributed by atoms with E-state index in [4.69, 9.17) is 0 Å². The van der Waals surface area contributed by atoms with E-state index < -0.39 is 0 Å². The van der Waals surface area contributed by atoms with Gasteiger partial charge >= 0.3 is 6.03 Å². The fraction of sp³-hybridized carbons (Fsp3) is 0.167. The molecule has 0 aliphatic carbocycles. The molecule has 4 heteroatoms. The molecule has 1 N–H and O–H groups in total. The molecule has 0 radical (unpaired) electrons. The second kappa shape index (κ2) is 4.61. The van der Waals surface area contributed by atoms with Gasteiger partial charge in [-0.1, -0.05) is 30.3 Å². The molecule has 0 unspecified atom stereocenters. The Morgan fingerprint density at radius 2 is 2.06 bits per heavy atom. The fourth-order valence-corrected chi connectivity index (χ4v) is 1.50. The van der Waals surface area contributed by atoms with Crippen molar-refractivity contribution in [1.29, 1.82) is 0 Å². The number of hydrogen-bond acceptors (Lipinski definition) is 2. The first-order valence-corrected chi connectivity index (χ1v) is 5.10. The lowest BCUT2D eigenvalue weighted by molar-refractivity contribution is -0.122. The molecule has 1 heterocycles. The average molecular weight is 216 g/mol. The van der Waals surface area contributed by atoms with Crippen LogP contribution in [0.3, 0.4) is 0 Å². The molecule has 0 saturated carbocycles. The quantitative estimate of drug-likeness (QED) is 0.756. The molecule has 1 aliphatic rings. The van der Waals surface area contributed by atoms with Gasteiger partial charge in [-0.3, -0.25) is 9.69 Å². The van der Waals surface area contributed by atoms with Gasteiger partial charge in [0.1, 0.15) is 0 Å². The third-order valence-electron chi connectivity index (χ3n) is 2.34. The standard InChI is InChI=1S/C12H12N2O2/c15-11(14-9-8-13-12(14)16)7-6-10-4-2-1-3-5-10/h1-7H,8-9H2,(H,13,16). The second-order valence-corrected chi connectivity index (χ2v) is 3.47. The fourth-order valence-electron chi connectivity index (χ4n) is 1.50. The van der Waals surface area contributed by atoms with Crippen molar-refractivity contribution in [2.75, 3.05) is 13.1 Å². The number of amides is 3. The van der Waals surface area contributed by atoms with E-state index in [1.165, 1.54) is 11.0 Å². The summed E-state index contributed by atoms with van der Waals surface area (Å²) < 4.78 is 0. The molecule has 16 heavy (non-hydrogen) atoms. The minimum absolute atomic E-state index is 0.279. The predicted octanol–water partition coefficient (Wildman–Crippen LogP) is 1.25. The zero-order valence-electron chi connectivity index (χ0n) is 8.72. The van der Waals surface area contributed by atoms with Crippen molar-refractivity contribution in [2.24, 2.45) is 0 Å². The molecule has 1 aromatic carbocycles. The van der Waals surface area contributed by atoms with E-state index in [2.05, 4.69) is 5.32 Å². The average Bonchev–Trinajstić information content (AvgIpc) is 2.74. The summed E-state index contributed by atoms with van der Waals surface area (Å²) in [6, 6.07) is 9.18. The molecule has 1 saturated heterocycles. The Hall–Kier alpha value is -2.10. The molecule has 0 spiro atoms. The minimum atomic E-state index is -0.317. The number of rotatable bonds is 2. The number of benzene rings is 1. The van der Waals surface area contributed by atoms with Crippen LogP contribution < -0.4 is 5.32 Å². The van der Waals surface area contributed by atoms with Crippen LogP contribution in [-0.4, -0.2) is 29.9 Å². The van der Waals surface area contributed by atoms with E-state index >= 15 is 0 Å². The van der Waals surface area contributed by atoms with Crippen LogP contribution in [0, 0.1) is 0 Å². The van der Waals surface area contributed by atoms with Crippen LogP contribution in [0.5, 0.6) is 0 Å². The Kier molecular flexibility index (Phi) is 3.00. The number of hydrogen-bond donors (Lipinski definition) is 1. The van der Waals surface area contributed by atoms with Gasteiger partial charge in [0.15, 0.2) is 0 Å². The lowest BCUT2D eigenvalue weighted by Crippen LogP contribution is -2.32. The van der Waals surface area contributed by atoms with Crippen molar-refractivity contribution in [3.8, 4) is 0 Å². The summed E-state index contributed by atoms with van der Waals surface area (Å²) in [5.74, 6) is -0.279. The molecule has 1 fully saturated rings. The first-order chi connectivity index (χ1) is 7.77. The van der Waals surface area contributed by atoms with Gasteiger partial charge in [-0.2, -0.15) is 0 Å². The monoisotopic (exact) mass is 216 g/mol. The van der Waals surface area contributed by atoms with Crippen LogP contribution in [-0.2, 0) is 4.79 Å². The molecular formula is C12H12N2O2. The maximum atomic E-state index is 11.6. The Morgan fingerprint density at radius 1 is 1.31 bits per heavy atom. The minimum Gasteiger partial charge on any atom is -0.336 e. The molecule has 1 aromatic rings. The van der Waals surface area contributed by atoms with Crippen LogP contribution in [0.1, 0.15) is 5.56 Å². The van der Waals surface area contributed by atoms with Crippen LogP contribution in [0.2, 0.25) is 0 Å². The summed E-state index contributed by atoms with van der Waals surface area (Å²) in [6.07, 6.45) is 3.12. The number of carbonyl (C=O) groups is 2. The lowest BCUT2D eigenvalue weighted by atomic mass is 10.2. The van der Waals surface area contributed by atoms with Gasteiger partial charge in [0, 0.05) is 19.2 Å². The third kappa shape index (κ3) is 2.28. The molecule has 1 aliphatic heterocycles.